The quantitative estimate of drug-likeness (QED) is 0.762. The number of nitrogens with one attached hydrogen (secondary N) is 1. The Morgan fingerprint density at radius 1 is 1.35 bits per heavy atom. The summed E-state index contributed by atoms with van der Waals surface area (Å²) in [5, 5.41) is 2.85. The number of nitrogens with zero attached hydrogens (tertiary/aromatic N) is 1. The number of rotatable bonds is 7. The van der Waals surface area contributed by atoms with E-state index in [0.29, 0.717) is 0 Å². The summed E-state index contributed by atoms with van der Waals surface area (Å²) in [5.41, 5.74) is 0.298. The molecule has 0 radical (unpaired) electrons. The van der Waals surface area contributed by atoms with Gasteiger partial charge >= 0.3 is 6.09 Å². The smallest absolute Gasteiger partial charge is 0.408 e. The number of carbonyl (C=O) groups is 1. The van der Waals surface area contributed by atoms with Crippen molar-refractivity contribution in [3.63, 3.8) is 0 Å². The van der Waals surface area contributed by atoms with E-state index < -0.39 is 11.7 Å². The molecule has 1 aromatic rings. The van der Waals surface area contributed by atoms with Crippen LogP contribution in [0.15, 0.2) is 29.3 Å². The molecule has 0 aliphatic rings. The third kappa shape index (κ3) is 8.50. The van der Waals surface area contributed by atoms with Gasteiger partial charge in [-0.2, -0.15) is 11.8 Å². The molecule has 0 aliphatic heterocycles. The summed E-state index contributed by atoms with van der Waals surface area (Å²) < 4.78 is 10.4. The minimum atomic E-state index is -0.513. The highest BCUT2D eigenvalue weighted by Crippen LogP contribution is 2.17. The second-order valence-electron chi connectivity index (χ2n) is 6.01. The van der Waals surface area contributed by atoms with E-state index in [-0.39, 0.29) is 6.04 Å². The Kier molecular flexibility index (Phi) is 7.95. The molecule has 5 nitrogen and oxygen atoms in total. The van der Waals surface area contributed by atoms with Gasteiger partial charge in [-0.25, -0.2) is 4.79 Å². The second-order valence-corrected chi connectivity index (χ2v) is 7.00. The minimum Gasteiger partial charge on any atom is -0.497 e. The van der Waals surface area contributed by atoms with Crippen molar-refractivity contribution in [2.75, 3.05) is 19.1 Å². The van der Waals surface area contributed by atoms with Crippen LogP contribution in [0.25, 0.3) is 0 Å². The molecule has 128 valence electrons. The predicted molar refractivity (Wildman–Crippen MR) is 97.3 cm³/mol. The van der Waals surface area contributed by atoms with Crippen LogP contribution in [0.2, 0.25) is 0 Å². The van der Waals surface area contributed by atoms with E-state index in [1.165, 1.54) is 0 Å². The summed E-state index contributed by atoms with van der Waals surface area (Å²) in [6.07, 6.45) is 4.15. The molecular formula is C17H26N2O3S. The lowest BCUT2D eigenvalue weighted by molar-refractivity contribution is 0.0518. The van der Waals surface area contributed by atoms with Crippen LogP contribution in [0, 0.1) is 0 Å². The lowest BCUT2D eigenvalue weighted by Crippen LogP contribution is -2.40. The van der Waals surface area contributed by atoms with Gasteiger partial charge in [0, 0.05) is 6.21 Å². The molecule has 1 N–H and O–H groups in total. The van der Waals surface area contributed by atoms with E-state index in [1.807, 2.05) is 51.3 Å². The third-order valence-corrected chi connectivity index (χ3v) is 3.46. The molecule has 0 fully saturated rings. The highest BCUT2D eigenvalue weighted by atomic mass is 32.2. The summed E-state index contributed by atoms with van der Waals surface area (Å²) >= 11 is 1.73. The average molecular weight is 338 g/mol. The van der Waals surface area contributed by atoms with Crippen LogP contribution in [0.3, 0.4) is 0 Å². The number of methoxy groups -OCH3 is 1. The molecule has 0 saturated heterocycles. The largest absolute Gasteiger partial charge is 0.497 e. The second kappa shape index (κ2) is 9.45. The lowest BCUT2D eigenvalue weighted by Gasteiger charge is -2.22. The zero-order valence-corrected chi connectivity index (χ0v) is 15.3. The van der Waals surface area contributed by atoms with E-state index in [1.54, 1.807) is 25.1 Å². The molecule has 0 aromatic heterocycles. The molecular weight excluding hydrogens is 312 g/mol. The Labute approximate surface area is 142 Å². The van der Waals surface area contributed by atoms with Gasteiger partial charge in [0.25, 0.3) is 0 Å². The van der Waals surface area contributed by atoms with Gasteiger partial charge in [0.15, 0.2) is 0 Å². The summed E-state index contributed by atoms with van der Waals surface area (Å²) in [5.74, 6) is 1.71. The van der Waals surface area contributed by atoms with Crippen LogP contribution in [0.4, 0.5) is 10.5 Å². The number of hydrogen-bond acceptors (Lipinski definition) is 5. The first-order chi connectivity index (χ1) is 10.8. The summed E-state index contributed by atoms with van der Waals surface area (Å²) in [6, 6.07) is 7.28. The SMILES string of the molecule is COc1ccc(N=C[C@H](CCSC)NC(=O)OC(C)(C)C)cc1. The Bertz CT molecular complexity index is 510. The van der Waals surface area contributed by atoms with E-state index in [9.17, 15) is 4.79 Å². The van der Waals surface area contributed by atoms with Crippen molar-refractivity contribution in [2.24, 2.45) is 4.99 Å². The molecule has 1 atom stereocenters. The van der Waals surface area contributed by atoms with Crippen LogP contribution in [-0.2, 0) is 4.74 Å². The van der Waals surface area contributed by atoms with E-state index in [2.05, 4.69) is 10.3 Å². The van der Waals surface area contributed by atoms with Crippen molar-refractivity contribution in [1.82, 2.24) is 5.32 Å². The number of benzene rings is 1. The van der Waals surface area contributed by atoms with Crippen LogP contribution >= 0.6 is 11.8 Å². The van der Waals surface area contributed by atoms with E-state index in [4.69, 9.17) is 9.47 Å². The van der Waals surface area contributed by atoms with Gasteiger partial charge < -0.3 is 14.8 Å². The van der Waals surface area contributed by atoms with Gasteiger partial charge in [-0.15, -0.1) is 0 Å². The number of carbonyl (C=O) groups excluding carboxylic acids is 1. The Balaban J connectivity index is 2.68. The van der Waals surface area contributed by atoms with Crippen LogP contribution in [0.1, 0.15) is 27.2 Å². The fourth-order valence-electron chi connectivity index (χ4n) is 1.73. The van der Waals surface area contributed by atoms with E-state index >= 15 is 0 Å². The average Bonchev–Trinajstić information content (AvgIpc) is 2.48. The molecule has 0 spiro atoms. The lowest BCUT2D eigenvalue weighted by atomic mass is 10.2. The predicted octanol–water partition coefficient (Wildman–Crippen LogP) is 4.04. The monoisotopic (exact) mass is 338 g/mol. The van der Waals surface area contributed by atoms with Gasteiger partial charge in [0.1, 0.15) is 11.4 Å². The van der Waals surface area contributed by atoms with Gasteiger partial charge in [0.05, 0.1) is 18.8 Å². The van der Waals surface area contributed by atoms with Crippen molar-refractivity contribution in [3.8, 4) is 5.75 Å². The number of aliphatic imine (C=N–C) groups is 1. The molecule has 1 rings (SSSR count). The molecule has 1 amide bonds. The van der Waals surface area contributed by atoms with Gasteiger partial charge in [-0.05, 0) is 63.5 Å². The fraction of sp³-hybridized carbons (Fsp3) is 0.529. The standard InChI is InChI=1S/C17H26N2O3S/c1-17(2,3)22-16(20)19-14(10-11-23-5)12-18-13-6-8-15(21-4)9-7-13/h6-9,12,14H,10-11H2,1-5H3,(H,19,20)/t14-/m0/s1. The summed E-state index contributed by atoms with van der Waals surface area (Å²) in [6.45, 7) is 5.53. The van der Waals surface area contributed by atoms with Crippen LogP contribution in [0.5, 0.6) is 5.75 Å². The zero-order valence-electron chi connectivity index (χ0n) is 14.5. The Morgan fingerprint density at radius 2 is 2.00 bits per heavy atom. The molecule has 6 heteroatoms. The molecule has 0 saturated carbocycles. The normalized spacial score (nSPS) is 12.9. The van der Waals surface area contributed by atoms with Crippen LogP contribution in [-0.4, -0.2) is 43.1 Å². The molecule has 0 aliphatic carbocycles. The number of ether oxygens (including phenoxy) is 2. The van der Waals surface area contributed by atoms with Crippen molar-refractivity contribution in [1.29, 1.82) is 0 Å². The number of thioether (sulfide) groups is 1. The van der Waals surface area contributed by atoms with Crippen molar-refractivity contribution in [3.05, 3.63) is 24.3 Å². The Morgan fingerprint density at radius 3 is 2.52 bits per heavy atom. The minimum absolute atomic E-state index is 0.167. The first-order valence-electron chi connectivity index (χ1n) is 7.51. The maximum absolute atomic E-state index is 11.9. The van der Waals surface area contributed by atoms with E-state index in [0.717, 1.165) is 23.6 Å². The summed E-state index contributed by atoms with van der Waals surface area (Å²) in [7, 11) is 1.63. The fourth-order valence-corrected chi connectivity index (χ4v) is 2.22. The maximum atomic E-state index is 11.9. The number of alkyl carbamates (subject to hydrolysis) is 1. The maximum Gasteiger partial charge on any atom is 0.408 e. The third-order valence-electron chi connectivity index (χ3n) is 2.81. The van der Waals surface area contributed by atoms with Crippen LogP contribution < -0.4 is 10.1 Å². The summed E-state index contributed by atoms with van der Waals surface area (Å²) in [4.78, 5) is 16.3. The topological polar surface area (TPSA) is 59.9 Å². The number of amides is 1. The molecule has 0 bridgehead atoms. The molecule has 0 heterocycles. The highest BCUT2D eigenvalue weighted by Gasteiger charge is 2.18. The van der Waals surface area contributed by atoms with Gasteiger partial charge in [-0.1, -0.05) is 0 Å². The first-order valence-corrected chi connectivity index (χ1v) is 8.90. The van der Waals surface area contributed by atoms with Crippen molar-refractivity contribution < 1.29 is 14.3 Å². The zero-order chi connectivity index (χ0) is 17.3. The first kappa shape index (κ1) is 19.4. The Hall–Kier alpha value is -1.69. The van der Waals surface area contributed by atoms with Gasteiger partial charge in [0.2, 0.25) is 0 Å². The number of hydrogen-bond donors (Lipinski definition) is 1. The molecule has 0 unspecified atom stereocenters. The van der Waals surface area contributed by atoms with Crippen molar-refractivity contribution in [2.45, 2.75) is 38.8 Å². The molecule has 23 heavy (non-hydrogen) atoms. The van der Waals surface area contributed by atoms with Gasteiger partial charge in [-0.3, -0.25) is 4.99 Å². The highest BCUT2D eigenvalue weighted by molar-refractivity contribution is 7.98. The molecule has 1 aromatic carbocycles. The van der Waals surface area contributed by atoms with Crippen molar-refractivity contribution >= 4 is 29.8 Å².